The molecule has 0 spiro atoms. The molecular formula is C13H22N4S. The zero-order valence-corrected chi connectivity index (χ0v) is 12.0. The molecule has 1 aromatic rings. The number of rotatable bonds is 3. The molecule has 1 saturated carbocycles. The Labute approximate surface area is 113 Å². The highest BCUT2D eigenvalue weighted by Crippen LogP contribution is 2.49. The van der Waals surface area contributed by atoms with E-state index in [1.54, 1.807) is 11.5 Å². The van der Waals surface area contributed by atoms with E-state index in [4.69, 9.17) is 5.73 Å². The maximum absolute atomic E-state index is 6.04. The van der Waals surface area contributed by atoms with E-state index >= 15 is 0 Å². The van der Waals surface area contributed by atoms with Crippen LogP contribution < -0.4 is 10.6 Å². The van der Waals surface area contributed by atoms with Crippen molar-refractivity contribution in [2.75, 3.05) is 37.8 Å². The van der Waals surface area contributed by atoms with E-state index in [0.29, 0.717) is 12.0 Å². The summed E-state index contributed by atoms with van der Waals surface area (Å²) >= 11 is 1.58. The van der Waals surface area contributed by atoms with Gasteiger partial charge in [-0.1, -0.05) is 0 Å². The number of nitrogens with two attached hydrogens (primary N) is 1. The van der Waals surface area contributed by atoms with Crippen LogP contribution in [0.2, 0.25) is 0 Å². The van der Waals surface area contributed by atoms with E-state index in [-0.39, 0.29) is 0 Å². The number of anilines is 2. The van der Waals surface area contributed by atoms with Gasteiger partial charge in [0.25, 0.3) is 0 Å². The number of hydrogen-bond donors (Lipinski definition) is 1. The minimum atomic E-state index is 0.651. The van der Waals surface area contributed by atoms with Crippen molar-refractivity contribution in [3.05, 3.63) is 5.56 Å². The number of aromatic nitrogens is 1. The van der Waals surface area contributed by atoms with Crippen LogP contribution in [0.1, 0.15) is 37.2 Å². The number of likely N-dealkylation sites (tertiary alicyclic amines) is 1. The number of nitrogen functional groups attached to an aromatic ring is 1. The van der Waals surface area contributed by atoms with E-state index in [2.05, 4.69) is 28.3 Å². The van der Waals surface area contributed by atoms with Crippen LogP contribution in [0.25, 0.3) is 0 Å². The molecule has 0 atom stereocenters. The molecule has 1 aliphatic carbocycles. The van der Waals surface area contributed by atoms with Crippen molar-refractivity contribution in [2.24, 2.45) is 0 Å². The van der Waals surface area contributed by atoms with Crippen molar-refractivity contribution in [2.45, 2.75) is 37.6 Å². The summed E-state index contributed by atoms with van der Waals surface area (Å²) in [6.07, 6.45) is 5.07. The molecule has 1 aliphatic heterocycles. The summed E-state index contributed by atoms with van der Waals surface area (Å²) in [6, 6.07) is 0.651. The van der Waals surface area contributed by atoms with Crippen LogP contribution in [0.4, 0.5) is 10.8 Å². The fraction of sp³-hybridized carbons (Fsp3) is 0.769. The second-order valence-electron chi connectivity index (χ2n) is 5.71. The van der Waals surface area contributed by atoms with Crippen molar-refractivity contribution in [3.63, 3.8) is 0 Å². The second kappa shape index (κ2) is 4.70. The van der Waals surface area contributed by atoms with Crippen LogP contribution in [0.5, 0.6) is 0 Å². The minimum Gasteiger partial charge on any atom is -0.383 e. The van der Waals surface area contributed by atoms with Gasteiger partial charge < -0.3 is 15.5 Å². The summed E-state index contributed by atoms with van der Waals surface area (Å²) in [5.41, 5.74) is 7.37. The van der Waals surface area contributed by atoms with Crippen molar-refractivity contribution >= 4 is 22.4 Å². The van der Waals surface area contributed by atoms with Gasteiger partial charge in [-0.25, -0.2) is 0 Å². The average molecular weight is 266 g/mol. The van der Waals surface area contributed by atoms with Gasteiger partial charge in [0.1, 0.15) is 10.8 Å². The molecule has 5 heteroatoms. The molecule has 100 valence electrons. The quantitative estimate of drug-likeness (QED) is 0.910. The lowest BCUT2D eigenvalue weighted by Gasteiger charge is -2.36. The molecule has 0 amide bonds. The number of piperidine rings is 1. The normalized spacial score (nSPS) is 22.3. The first-order valence-corrected chi connectivity index (χ1v) is 7.60. The van der Waals surface area contributed by atoms with Crippen molar-refractivity contribution < 1.29 is 0 Å². The summed E-state index contributed by atoms with van der Waals surface area (Å²) in [5.74, 6) is 1.46. The molecule has 4 nitrogen and oxygen atoms in total. The van der Waals surface area contributed by atoms with Crippen LogP contribution in [-0.4, -0.2) is 42.5 Å². The van der Waals surface area contributed by atoms with E-state index in [1.807, 2.05) is 0 Å². The highest BCUT2D eigenvalue weighted by Gasteiger charge is 2.33. The third kappa shape index (κ3) is 2.21. The molecule has 2 fully saturated rings. The van der Waals surface area contributed by atoms with Crippen LogP contribution in [0.3, 0.4) is 0 Å². The monoisotopic (exact) mass is 266 g/mol. The minimum absolute atomic E-state index is 0.651. The molecule has 0 aromatic carbocycles. The zero-order chi connectivity index (χ0) is 12.7. The summed E-state index contributed by atoms with van der Waals surface area (Å²) < 4.78 is 4.38. The Morgan fingerprint density at radius 3 is 2.56 bits per heavy atom. The molecule has 2 N–H and O–H groups in total. The Hall–Kier alpha value is -0.810. The molecule has 2 aliphatic rings. The van der Waals surface area contributed by atoms with Crippen molar-refractivity contribution in [1.82, 2.24) is 9.27 Å². The molecular weight excluding hydrogens is 244 g/mol. The van der Waals surface area contributed by atoms with E-state index in [1.165, 1.54) is 49.3 Å². The molecule has 18 heavy (non-hydrogen) atoms. The van der Waals surface area contributed by atoms with Crippen LogP contribution >= 0.6 is 11.5 Å². The van der Waals surface area contributed by atoms with Gasteiger partial charge in [-0.05, 0) is 63.3 Å². The van der Waals surface area contributed by atoms with Gasteiger partial charge in [0.15, 0.2) is 0 Å². The van der Waals surface area contributed by atoms with Crippen molar-refractivity contribution in [3.8, 4) is 0 Å². The molecule has 2 heterocycles. The molecule has 0 unspecified atom stereocenters. The lowest BCUT2D eigenvalue weighted by Crippen LogP contribution is -2.42. The fourth-order valence-electron chi connectivity index (χ4n) is 2.86. The predicted octanol–water partition coefficient (Wildman–Crippen LogP) is 2.13. The van der Waals surface area contributed by atoms with Crippen LogP contribution in [0.15, 0.2) is 0 Å². The van der Waals surface area contributed by atoms with Gasteiger partial charge in [-0.2, -0.15) is 4.37 Å². The standard InChI is InChI=1S/C13H22N4S/c1-16-7-5-10(6-8-16)17(2)13-11(9-3-4-9)12(14)15-18-13/h9-10H,3-8H2,1-2H3,(H2,14,15). The predicted molar refractivity (Wildman–Crippen MR) is 77.4 cm³/mol. The Morgan fingerprint density at radius 2 is 1.94 bits per heavy atom. The van der Waals surface area contributed by atoms with Gasteiger partial charge in [-0.3, -0.25) is 0 Å². The maximum atomic E-state index is 6.04. The van der Waals surface area contributed by atoms with Gasteiger partial charge in [0.05, 0.1) is 0 Å². The maximum Gasteiger partial charge on any atom is 0.142 e. The first-order valence-electron chi connectivity index (χ1n) is 6.83. The Kier molecular flexibility index (Phi) is 3.20. The van der Waals surface area contributed by atoms with Gasteiger partial charge in [0, 0.05) is 18.7 Å². The Bertz CT molecular complexity index is 419. The third-order valence-electron chi connectivity index (χ3n) is 4.28. The summed E-state index contributed by atoms with van der Waals surface area (Å²) in [5, 5.41) is 1.32. The fourth-order valence-corrected chi connectivity index (χ4v) is 3.79. The highest BCUT2D eigenvalue weighted by molar-refractivity contribution is 7.10. The first-order chi connectivity index (χ1) is 8.66. The Morgan fingerprint density at radius 1 is 1.28 bits per heavy atom. The van der Waals surface area contributed by atoms with Crippen LogP contribution in [-0.2, 0) is 0 Å². The van der Waals surface area contributed by atoms with Gasteiger partial charge in [0.2, 0.25) is 0 Å². The number of nitrogens with zero attached hydrogens (tertiary/aromatic N) is 3. The average Bonchev–Trinajstić information content (AvgIpc) is 3.13. The topological polar surface area (TPSA) is 45.4 Å². The van der Waals surface area contributed by atoms with Gasteiger partial charge >= 0.3 is 0 Å². The largest absolute Gasteiger partial charge is 0.383 e. The molecule has 0 radical (unpaired) electrons. The van der Waals surface area contributed by atoms with Crippen molar-refractivity contribution in [1.29, 1.82) is 0 Å². The lowest BCUT2D eigenvalue weighted by atomic mass is 10.0. The third-order valence-corrected chi connectivity index (χ3v) is 5.25. The second-order valence-corrected chi connectivity index (χ2v) is 6.46. The zero-order valence-electron chi connectivity index (χ0n) is 11.2. The van der Waals surface area contributed by atoms with Crippen LogP contribution in [0, 0.1) is 0 Å². The molecule has 0 bridgehead atoms. The molecule has 1 aromatic heterocycles. The smallest absolute Gasteiger partial charge is 0.142 e. The summed E-state index contributed by atoms with van der Waals surface area (Å²) in [7, 11) is 4.42. The molecule has 3 rings (SSSR count). The highest BCUT2D eigenvalue weighted by atomic mass is 32.1. The van der Waals surface area contributed by atoms with E-state index in [0.717, 1.165) is 5.82 Å². The molecule has 1 saturated heterocycles. The first kappa shape index (κ1) is 12.2. The van der Waals surface area contributed by atoms with E-state index < -0.39 is 0 Å². The van der Waals surface area contributed by atoms with E-state index in [9.17, 15) is 0 Å². The van der Waals surface area contributed by atoms with Gasteiger partial charge in [-0.15, -0.1) is 0 Å². The number of hydrogen-bond acceptors (Lipinski definition) is 5. The lowest BCUT2D eigenvalue weighted by molar-refractivity contribution is 0.253. The SMILES string of the molecule is CN1CCC(N(C)c2snc(N)c2C2CC2)CC1. The summed E-state index contributed by atoms with van der Waals surface area (Å²) in [4.78, 5) is 4.85. The summed E-state index contributed by atoms with van der Waals surface area (Å²) in [6.45, 7) is 2.39. The Balaban J connectivity index is 1.77.